The molecule has 0 bridgehead atoms. The summed E-state index contributed by atoms with van der Waals surface area (Å²) in [7, 11) is 0. The molecule has 7 heteroatoms. The van der Waals surface area contributed by atoms with Crippen LogP contribution in [0.2, 0.25) is 0 Å². The number of nitro benzene ring substituents is 1. The number of nitrogens with zero attached hydrogens (tertiary/aromatic N) is 1. The van der Waals surface area contributed by atoms with Crippen molar-refractivity contribution in [2.75, 3.05) is 6.79 Å². The number of carbonyl (C=O) groups is 1. The number of hydrogen-bond acceptors (Lipinski definition) is 6. The van der Waals surface area contributed by atoms with E-state index in [9.17, 15) is 14.9 Å². The molecule has 0 spiro atoms. The Morgan fingerprint density at radius 3 is 2.81 bits per heavy atom. The fourth-order valence-corrected chi connectivity index (χ4v) is 2.53. The molecule has 134 valence electrons. The van der Waals surface area contributed by atoms with E-state index in [-0.39, 0.29) is 25.7 Å². The van der Waals surface area contributed by atoms with E-state index >= 15 is 0 Å². The summed E-state index contributed by atoms with van der Waals surface area (Å²) < 4.78 is 15.8. The van der Waals surface area contributed by atoms with Gasteiger partial charge < -0.3 is 14.2 Å². The van der Waals surface area contributed by atoms with Crippen molar-refractivity contribution in [3.8, 4) is 5.75 Å². The average molecular weight is 355 g/mol. The normalized spacial score (nSPS) is 13.1. The largest absolute Gasteiger partial charge is 0.467 e. The van der Waals surface area contributed by atoms with Crippen molar-refractivity contribution in [2.45, 2.75) is 20.1 Å². The highest BCUT2D eigenvalue weighted by Crippen LogP contribution is 2.33. The predicted octanol–water partition coefficient (Wildman–Crippen LogP) is 3.53. The van der Waals surface area contributed by atoms with Crippen molar-refractivity contribution < 1.29 is 23.9 Å². The summed E-state index contributed by atoms with van der Waals surface area (Å²) in [5.74, 6) is -0.0740. The second-order valence-corrected chi connectivity index (χ2v) is 5.81. The first kappa shape index (κ1) is 17.6. The van der Waals surface area contributed by atoms with Crippen LogP contribution < -0.4 is 4.74 Å². The van der Waals surface area contributed by atoms with Gasteiger partial charge in [0, 0.05) is 29.3 Å². The van der Waals surface area contributed by atoms with Crippen LogP contribution in [0.15, 0.2) is 42.5 Å². The highest BCUT2D eigenvalue weighted by Gasteiger charge is 2.21. The number of carbonyl (C=O) groups excluding carboxylic acids is 1. The summed E-state index contributed by atoms with van der Waals surface area (Å²) in [6.45, 7) is 2.13. The Labute approximate surface area is 150 Å². The molecule has 2 aromatic carbocycles. The Morgan fingerprint density at radius 2 is 2.08 bits per heavy atom. The lowest BCUT2D eigenvalue weighted by Gasteiger charge is -2.20. The van der Waals surface area contributed by atoms with Crippen LogP contribution in [0.25, 0.3) is 6.08 Å². The van der Waals surface area contributed by atoms with Crippen LogP contribution in [-0.4, -0.2) is 17.7 Å². The highest BCUT2D eigenvalue weighted by atomic mass is 16.7. The van der Waals surface area contributed by atoms with E-state index in [0.29, 0.717) is 16.9 Å². The Bertz CT molecular complexity index is 857. The quantitative estimate of drug-likeness (QED) is 0.353. The summed E-state index contributed by atoms with van der Waals surface area (Å²) in [4.78, 5) is 22.5. The molecule has 0 saturated heterocycles. The zero-order valence-corrected chi connectivity index (χ0v) is 14.1. The van der Waals surface area contributed by atoms with Crippen LogP contribution in [0.1, 0.15) is 22.3 Å². The maximum absolute atomic E-state index is 11.9. The molecule has 0 unspecified atom stereocenters. The van der Waals surface area contributed by atoms with Crippen molar-refractivity contribution >= 4 is 17.7 Å². The number of benzene rings is 2. The van der Waals surface area contributed by atoms with Gasteiger partial charge in [-0.05, 0) is 18.6 Å². The topological polar surface area (TPSA) is 87.9 Å². The summed E-state index contributed by atoms with van der Waals surface area (Å²) in [5.41, 5.74) is 2.91. The van der Waals surface area contributed by atoms with E-state index in [1.165, 1.54) is 18.2 Å². The van der Waals surface area contributed by atoms with Gasteiger partial charge in [-0.15, -0.1) is 0 Å². The maximum Gasteiger partial charge on any atom is 0.331 e. The van der Waals surface area contributed by atoms with Crippen molar-refractivity contribution in [1.82, 2.24) is 0 Å². The second-order valence-electron chi connectivity index (χ2n) is 5.81. The van der Waals surface area contributed by atoms with Gasteiger partial charge in [-0.25, -0.2) is 4.79 Å². The lowest BCUT2D eigenvalue weighted by atomic mass is 10.1. The first-order valence-corrected chi connectivity index (χ1v) is 7.95. The fraction of sp³-hybridized carbons (Fsp3) is 0.211. The number of hydrogen-bond donors (Lipinski definition) is 0. The lowest BCUT2D eigenvalue weighted by molar-refractivity contribution is -0.385. The van der Waals surface area contributed by atoms with Gasteiger partial charge in [0.25, 0.3) is 5.69 Å². The van der Waals surface area contributed by atoms with Crippen molar-refractivity contribution in [2.24, 2.45) is 0 Å². The number of esters is 1. The molecule has 0 amide bonds. The Hall–Kier alpha value is -3.19. The molecule has 2 aromatic rings. The molecular weight excluding hydrogens is 338 g/mol. The second kappa shape index (κ2) is 7.79. The number of aryl methyl sites for hydroxylation is 1. The van der Waals surface area contributed by atoms with Crippen LogP contribution in [0, 0.1) is 17.0 Å². The van der Waals surface area contributed by atoms with E-state index in [1.54, 1.807) is 6.08 Å². The predicted molar refractivity (Wildman–Crippen MR) is 93.4 cm³/mol. The maximum atomic E-state index is 11.9. The monoisotopic (exact) mass is 355 g/mol. The zero-order valence-electron chi connectivity index (χ0n) is 14.1. The van der Waals surface area contributed by atoms with E-state index in [4.69, 9.17) is 14.2 Å². The SMILES string of the molecule is Cc1ccc(/C=C/C(=O)OCc2cc([N+](=O)[O-])cc3c2OCOC3)cc1. The molecule has 3 rings (SSSR count). The highest BCUT2D eigenvalue weighted by molar-refractivity contribution is 5.87. The van der Waals surface area contributed by atoms with Gasteiger partial charge in [-0.2, -0.15) is 0 Å². The van der Waals surface area contributed by atoms with E-state index in [2.05, 4.69) is 0 Å². The molecule has 0 N–H and O–H groups in total. The Morgan fingerprint density at radius 1 is 1.31 bits per heavy atom. The van der Waals surface area contributed by atoms with E-state index < -0.39 is 10.9 Å². The molecular formula is C19H17NO6. The molecule has 1 aliphatic heterocycles. The van der Waals surface area contributed by atoms with Crippen LogP contribution >= 0.6 is 0 Å². The molecule has 7 nitrogen and oxygen atoms in total. The standard InChI is InChI=1S/C19H17NO6/c1-13-2-4-14(5-3-13)6-7-18(21)25-11-16-9-17(20(22)23)8-15-10-24-12-26-19(15)16/h2-9H,10-12H2,1H3/b7-6+. The summed E-state index contributed by atoms with van der Waals surface area (Å²) >= 11 is 0. The third kappa shape index (κ3) is 4.25. The van der Waals surface area contributed by atoms with E-state index in [0.717, 1.165) is 11.1 Å². The fourth-order valence-electron chi connectivity index (χ4n) is 2.53. The average Bonchev–Trinajstić information content (AvgIpc) is 2.65. The molecule has 0 atom stereocenters. The van der Waals surface area contributed by atoms with Gasteiger partial charge in [0.2, 0.25) is 0 Å². The number of non-ortho nitro benzene ring substituents is 1. The van der Waals surface area contributed by atoms with Crippen LogP contribution in [0.3, 0.4) is 0 Å². The van der Waals surface area contributed by atoms with Crippen molar-refractivity contribution in [1.29, 1.82) is 0 Å². The molecule has 0 radical (unpaired) electrons. The smallest absolute Gasteiger partial charge is 0.331 e. The first-order valence-electron chi connectivity index (χ1n) is 7.95. The van der Waals surface area contributed by atoms with Crippen molar-refractivity contribution in [3.05, 3.63) is 74.8 Å². The number of ether oxygens (including phenoxy) is 3. The van der Waals surface area contributed by atoms with Gasteiger partial charge in [-0.3, -0.25) is 10.1 Å². The minimum atomic E-state index is -0.544. The number of rotatable bonds is 5. The summed E-state index contributed by atoms with van der Waals surface area (Å²) in [6, 6.07) is 10.4. The van der Waals surface area contributed by atoms with Crippen LogP contribution in [0.4, 0.5) is 5.69 Å². The van der Waals surface area contributed by atoms with Gasteiger partial charge >= 0.3 is 5.97 Å². The minimum absolute atomic E-state index is 0.0546. The van der Waals surface area contributed by atoms with Gasteiger partial charge in [-0.1, -0.05) is 29.8 Å². The Kier molecular flexibility index (Phi) is 5.28. The van der Waals surface area contributed by atoms with Crippen LogP contribution in [0.5, 0.6) is 5.75 Å². The number of fused-ring (bicyclic) bond motifs is 1. The summed E-state index contributed by atoms with van der Waals surface area (Å²) in [5, 5.41) is 11.1. The third-order valence-corrected chi connectivity index (χ3v) is 3.84. The lowest BCUT2D eigenvalue weighted by Crippen LogP contribution is -2.14. The van der Waals surface area contributed by atoms with Gasteiger partial charge in [0.05, 0.1) is 11.5 Å². The minimum Gasteiger partial charge on any atom is -0.467 e. The summed E-state index contributed by atoms with van der Waals surface area (Å²) in [6.07, 6.45) is 2.97. The van der Waals surface area contributed by atoms with E-state index in [1.807, 2.05) is 31.2 Å². The van der Waals surface area contributed by atoms with Gasteiger partial charge in [0.1, 0.15) is 12.4 Å². The molecule has 0 aliphatic carbocycles. The Balaban J connectivity index is 1.70. The number of nitro groups is 1. The molecule has 0 saturated carbocycles. The third-order valence-electron chi connectivity index (χ3n) is 3.84. The molecule has 1 heterocycles. The van der Waals surface area contributed by atoms with Gasteiger partial charge in [0.15, 0.2) is 6.79 Å². The van der Waals surface area contributed by atoms with Crippen LogP contribution in [-0.2, 0) is 27.5 Å². The molecule has 1 aliphatic rings. The van der Waals surface area contributed by atoms with Crippen molar-refractivity contribution in [3.63, 3.8) is 0 Å². The molecule has 0 aromatic heterocycles. The molecule has 0 fully saturated rings. The first-order chi connectivity index (χ1) is 12.5. The zero-order chi connectivity index (χ0) is 18.5. The molecule has 26 heavy (non-hydrogen) atoms.